The van der Waals surface area contributed by atoms with E-state index in [0.717, 1.165) is 16.7 Å². The largest absolute Gasteiger partial charge is 0.430 e. The Balaban J connectivity index is 1.58. The van der Waals surface area contributed by atoms with Crippen LogP contribution in [0, 0.1) is 6.92 Å². The molecule has 2 heterocycles. The standard InChI is InChI=1S/C25H19ClN4O/c1-16-7-9-17(10-8-16)15-27-23-21-24(30-25(31-21)19-5-3-2-4-6-19)29-22(28-23)18-11-13-20(26)14-12-18/h2-14H,15H2,1H3,(H,27,28,29). The summed E-state index contributed by atoms with van der Waals surface area (Å²) in [6.45, 7) is 2.68. The number of nitrogens with zero attached hydrogens (tertiary/aromatic N) is 3. The summed E-state index contributed by atoms with van der Waals surface area (Å²) in [6.07, 6.45) is 0. The van der Waals surface area contributed by atoms with E-state index >= 15 is 0 Å². The molecule has 0 fully saturated rings. The lowest BCUT2D eigenvalue weighted by Gasteiger charge is -2.08. The van der Waals surface area contributed by atoms with E-state index in [4.69, 9.17) is 21.0 Å². The van der Waals surface area contributed by atoms with Crippen LogP contribution in [0.5, 0.6) is 0 Å². The zero-order valence-corrected chi connectivity index (χ0v) is 17.6. The fraction of sp³-hybridized carbons (Fsp3) is 0.0800. The minimum absolute atomic E-state index is 0.505. The molecule has 2 aromatic heterocycles. The van der Waals surface area contributed by atoms with Gasteiger partial charge in [0.05, 0.1) is 0 Å². The number of halogens is 1. The fourth-order valence-electron chi connectivity index (χ4n) is 3.27. The second-order valence-electron chi connectivity index (χ2n) is 7.28. The third-order valence-electron chi connectivity index (χ3n) is 4.96. The summed E-state index contributed by atoms with van der Waals surface area (Å²) >= 11 is 6.04. The molecule has 152 valence electrons. The summed E-state index contributed by atoms with van der Waals surface area (Å²) in [6, 6.07) is 25.6. The number of nitrogens with one attached hydrogen (secondary N) is 1. The van der Waals surface area contributed by atoms with E-state index in [9.17, 15) is 0 Å². The van der Waals surface area contributed by atoms with Crippen molar-refractivity contribution in [2.24, 2.45) is 0 Å². The van der Waals surface area contributed by atoms with Crippen LogP contribution in [0.4, 0.5) is 5.82 Å². The highest BCUT2D eigenvalue weighted by molar-refractivity contribution is 6.30. The van der Waals surface area contributed by atoms with Gasteiger partial charge in [-0.25, -0.2) is 9.97 Å². The topological polar surface area (TPSA) is 63.8 Å². The van der Waals surface area contributed by atoms with E-state index in [-0.39, 0.29) is 0 Å². The lowest BCUT2D eigenvalue weighted by molar-refractivity contribution is 0.619. The van der Waals surface area contributed by atoms with Crippen LogP contribution in [-0.2, 0) is 6.54 Å². The van der Waals surface area contributed by atoms with Crippen molar-refractivity contribution in [2.75, 3.05) is 5.32 Å². The average Bonchev–Trinajstić information content (AvgIpc) is 3.24. The van der Waals surface area contributed by atoms with Gasteiger partial charge in [0.2, 0.25) is 17.1 Å². The van der Waals surface area contributed by atoms with E-state index in [1.54, 1.807) is 0 Å². The predicted octanol–water partition coefficient (Wildman–Crippen LogP) is 6.53. The van der Waals surface area contributed by atoms with Crippen molar-refractivity contribution in [3.05, 3.63) is 95.0 Å². The van der Waals surface area contributed by atoms with Crippen LogP contribution in [-0.4, -0.2) is 15.0 Å². The molecule has 0 radical (unpaired) electrons. The lowest BCUT2D eigenvalue weighted by Crippen LogP contribution is -2.04. The monoisotopic (exact) mass is 426 g/mol. The number of aryl methyl sites for hydroxylation is 1. The molecule has 0 aliphatic heterocycles. The first-order chi connectivity index (χ1) is 15.2. The number of rotatable bonds is 5. The van der Waals surface area contributed by atoms with Gasteiger partial charge in [-0.2, -0.15) is 4.98 Å². The van der Waals surface area contributed by atoms with Gasteiger partial charge in [-0.3, -0.25) is 0 Å². The molecule has 5 nitrogen and oxygen atoms in total. The number of hydrogen-bond donors (Lipinski definition) is 1. The zero-order valence-electron chi connectivity index (χ0n) is 16.8. The minimum Gasteiger partial charge on any atom is -0.430 e. The summed E-state index contributed by atoms with van der Waals surface area (Å²) in [5.41, 5.74) is 5.15. The molecule has 6 heteroatoms. The number of hydrogen-bond acceptors (Lipinski definition) is 5. The van der Waals surface area contributed by atoms with Gasteiger partial charge in [0.25, 0.3) is 0 Å². The summed E-state index contributed by atoms with van der Waals surface area (Å²) in [5, 5.41) is 4.06. The lowest BCUT2D eigenvalue weighted by atomic mass is 10.1. The Morgan fingerprint density at radius 1 is 0.806 bits per heavy atom. The van der Waals surface area contributed by atoms with Crippen LogP contribution in [0.2, 0.25) is 5.02 Å². The van der Waals surface area contributed by atoms with Crippen molar-refractivity contribution in [3.63, 3.8) is 0 Å². The molecule has 3 aromatic carbocycles. The number of aromatic nitrogens is 3. The SMILES string of the molecule is Cc1ccc(CNc2nc(-c3ccc(Cl)cc3)nc3nc(-c4ccccc4)oc23)cc1. The van der Waals surface area contributed by atoms with Crippen LogP contribution in [0.3, 0.4) is 0 Å². The van der Waals surface area contributed by atoms with E-state index in [1.807, 2.05) is 54.6 Å². The van der Waals surface area contributed by atoms with Gasteiger partial charge in [-0.15, -0.1) is 0 Å². The van der Waals surface area contributed by atoms with Gasteiger partial charge in [0, 0.05) is 22.7 Å². The molecule has 0 saturated carbocycles. The molecule has 0 aliphatic rings. The Bertz CT molecular complexity index is 1330. The maximum Gasteiger partial charge on any atom is 0.229 e. The van der Waals surface area contributed by atoms with Gasteiger partial charge in [0.15, 0.2) is 11.6 Å². The minimum atomic E-state index is 0.505. The molecule has 0 saturated heterocycles. The van der Waals surface area contributed by atoms with Crippen molar-refractivity contribution < 1.29 is 4.42 Å². The highest BCUT2D eigenvalue weighted by Crippen LogP contribution is 2.30. The van der Waals surface area contributed by atoms with E-state index in [1.165, 1.54) is 5.56 Å². The highest BCUT2D eigenvalue weighted by atomic mass is 35.5. The maximum absolute atomic E-state index is 6.08. The van der Waals surface area contributed by atoms with Gasteiger partial charge in [0.1, 0.15) is 0 Å². The zero-order chi connectivity index (χ0) is 21.2. The molecule has 1 N–H and O–H groups in total. The summed E-state index contributed by atoms with van der Waals surface area (Å²) in [5.74, 6) is 1.67. The summed E-state index contributed by atoms with van der Waals surface area (Å²) in [4.78, 5) is 14.0. The Labute approximate surface area is 184 Å². The van der Waals surface area contributed by atoms with Crippen LogP contribution in [0.1, 0.15) is 11.1 Å². The maximum atomic E-state index is 6.08. The van der Waals surface area contributed by atoms with Crippen molar-refractivity contribution in [1.29, 1.82) is 0 Å². The first-order valence-corrected chi connectivity index (χ1v) is 10.3. The molecular formula is C25H19ClN4O. The van der Waals surface area contributed by atoms with E-state index < -0.39 is 0 Å². The van der Waals surface area contributed by atoms with E-state index in [0.29, 0.717) is 40.3 Å². The van der Waals surface area contributed by atoms with Crippen molar-refractivity contribution >= 4 is 28.6 Å². The van der Waals surface area contributed by atoms with Crippen LogP contribution in [0.25, 0.3) is 34.1 Å². The van der Waals surface area contributed by atoms with Gasteiger partial charge >= 0.3 is 0 Å². The highest BCUT2D eigenvalue weighted by Gasteiger charge is 2.17. The Hall–Kier alpha value is -3.70. The fourth-order valence-corrected chi connectivity index (χ4v) is 3.39. The van der Waals surface area contributed by atoms with Gasteiger partial charge in [-0.05, 0) is 48.9 Å². The Morgan fingerprint density at radius 3 is 2.29 bits per heavy atom. The average molecular weight is 427 g/mol. The molecular weight excluding hydrogens is 408 g/mol. The first-order valence-electron chi connectivity index (χ1n) is 9.95. The van der Waals surface area contributed by atoms with Crippen molar-refractivity contribution in [2.45, 2.75) is 13.5 Å². The molecule has 31 heavy (non-hydrogen) atoms. The summed E-state index contributed by atoms with van der Waals surface area (Å²) in [7, 11) is 0. The molecule has 0 atom stereocenters. The number of fused-ring (bicyclic) bond motifs is 1. The van der Waals surface area contributed by atoms with Crippen LogP contribution < -0.4 is 5.32 Å². The molecule has 0 amide bonds. The number of benzene rings is 3. The molecule has 0 unspecified atom stereocenters. The normalized spacial score (nSPS) is 11.0. The third-order valence-corrected chi connectivity index (χ3v) is 5.21. The molecule has 0 aliphatic carbocycles. The first kappa shape index (κ1) is 19.3. The Morgan fingerprint density at radius 2 is 1.55 bits per heavy atom. The number of anilines is 1. The van der Waals surface area contributed by atoms with Gasteiger partial charge < -0.3 is 9.73 Å². The smallest absolute Gasteiger partial charge is 0.229 e. The summed E-state index contributed by atoms with van der Waals surface area (Å²) < 4.78 is 6.08. The number of oxazole rings is 1. The second-order valence-corrected chi connectivity index (χ2v) is 7.72. The van der Waals surface area contributed by atoms with Gasteiger partial charge in [-0.1, -0.05) is 59.6 Å². The molecule has 0 bridgehead atoms. The predicted molar refractivity (Wildman–Crippen MR) is 124 cm³/mol. The second kappa shape index (κ2) is 8.20. The quantitative estimate of drug-likeness (QED) is 0.346. The van der Waals surface area contributed by atoms with Crippen molar-refractivity contribution in [3.8, 4) is 22.8 Å². The van der Waals surface area contributed by atoms with Crippen molar-refractivity contribution in [1.82, 2.24) is 15.0 Å². The van der Waals surface area contributed by atoms with Crippen LogP contribution in [0.15, 0.2) is 83.3 Å². The van der Waals surface area contributed by atoms with E-state index in [2.05, 4.69) is 46.5 Å². The molecule has 5 rings (SSSR count). The molecule has 5 aromatic rings. The third kappa shape index (κ3) is 4.13. The molecule has 0 spiro atoms. The Kier molecular flexibility index (Phi) is 5.10. The van der Waals surface area contributed by atoms with Crippen LogP contribution >= 0.6 is 11.6 Å².